The summed E-state index contributed by atoms with van der Waals surface area (Å²) in [4.78, 5) is 12.1. The smallest absolute Gasteiger partial charge is 0.345 e. The summed E-state index contributed by atoms with van der Waals surface area (Å²) in [5.41, 5.74) is 3.24. The number of nitrogens with two attached hydrogens (primary N) is 1. The molecule has 1 amide bonds. The first kappa shape index (κ1) is 17.4. The Hall–Kier alpha value is -1.63. The third kappa shape index (κ3) is 3.93. The molecule has 3 N–H and O–H groups in total. The highest BCUT2D eigenvalue weighted by molar-refractivity contribution is 5.95. The fourth-order valence-corrected chi connectivity index (χ4v) is 1.96. The molecule has 0 saturated heterocycles. The molecule has 0 fully saturated rings. The van der Waals surface area contributed by atoms with Crippen molar-refractivity contribution in [1.82, 2.24) is 5.32 Å². The van der Waals surface area contributed by atoms with Crippen LogP contribution in [0.5, 0.6) is 0 Å². The number of hydrogen-bond donors (Lipinski definition) is 2. The molecule has 0 unspecified atom stereocenters. The van der Waals surface area contributed by atoms with Gasteiger partial charge in [-0.1, -0.05) is 13.8 Å². The average Bonchev–Trinajstić information content (AvgIpc) is 2.44. The highest BCUT2D eigenvalue weighted by Gasteiger charge is 2.35. The first-order valence-corrected chi connectivity index (χ1v) is 6.58. The van der Waals surface area contributed by atoms with Gasteiger partial charge in [0.15, 0.2) is 0 Å². The molecular formula is C14H18F4N2O. The van der Waals surface area contributed by atoms with E-state index in [1.165, 1.54) is 0 Å². The van der Waals surface area contributed by atoms with E-state index in [9.17, 15) is 22.4 Å². The van der Waals surface area contributed by atoms with Crippen LogP contribution in [0.15, 0.2) is 18.2 Å². The predicted molar refractivity (Wildman–Crippen MR) is 71.2 cm³/mol. The van der Waals surface area contributed by atoms with Crippen LogP contribution in [0.25, 0.3) is 0 Å². The number of nitrogens with one attached hydrogen (secondary N) is 1. The van der Waals surface area contributed by atoms with E-state index < -0.39 is 29.0 Å². The number of carbonyl (C=O) groups is 1. The number of alkyl halides is 3. The number of halogens is 4. The van der Waals surface area contributed by atoms with Crippen molar-refractivity contribution < 1.29 is 22.4 Å². The Morgan fingerprint density at radius 2 is 1.81 bits per heavy atom. The first-order chi connectivity index (χ1) is 9.69. The third-order valence-electron chi connectivity index (χ3n) is 3.66. The molecule has 3 nitrogen and oxygen atoms in total. The fraction of sp³-hybridized carbons (Fsp3) is 0.500. The van der Waals surface area contributed by atoms with Gasteiger partial charge in [0, 0.05) is 12.1 Å². The van der Waals surface area contributed by atoms with E-state index in [0.717, 1.165) is 6.07 Å². The largest absolute Gasteiger partial charge is 0.419 e. The lowest BCUT2D eigenvalue weighted by atomic mass is 9.92. The molecule has 0 spiro atoms. The van der Waals surface area contributed by atoms with Crippen LogP contribution in [0.2, 0.25) is 0 Å². The van der Waals surface area contributed by atoms with Gasteiger partial charge in [-0.05, 0) is 31.0 Å². The summed E-state index contributed by atoms with van der Waals surface area (Å²) in [6, 6.07) is 2.17. The van der Waals surface area contributed by atoms with Crippen molar-refractivity contribution in [3.05, 3.63) is 35.1 Å². The molecule has 21 heavy (non-hydrogen) atoms. The topological polar surface area (TPSA) is 55.1 Å². The summed E-state index contributed by atoms with van der Waals surface area (Å²) in [7, 11) is 0. The predicted octanol–water partition coefficient (Wildman–Crippen LogP) is 3.09. The Kier molecular flexibility index (Phi) is 5.33. The lowest BCUT2D eigenvalue weighted by molar-refractivity contribution is -0.140. The fourth-order valence-electron chi connectivity index (χ4n) is 1.96. The molecule has 1 rings (SSSR count). The number of amides is 1. The molecule has 1 aromatic carbocycles. The van der Waals surface area contributed by atoms with Gasteiger partial charge in [0.25, 0.3) is 5.91 Å². The number of rotatable bonds is 5. The lowest BCUT2D eigenvalue weighted by Crippen LogP contribution is -2.52. The van der Waals surface area contributed by atoms with Gasteiger partial charge < -0.3 is 11.1 Å². The van der Waals surface area contributed by atoms with Crippen LogP contribution in [0.1, 0.15) is 42.6 Å². The summed E-state index contributed by atoms with van der Waals surface area (Å²) in [6.07, 6.45) is -3.76. The van der Waals surface area contributed by atoms with Crippen LogP contribution < -0.4 is 11.1 Å². The minimum absolute atomic E-state index is 0.166. The SMILES string of the molecule is CCC(CC)(CN)NC(=O)c1ccc(F)c(C(F)(F)F)c1. The van der Waals surface area contributed by atoms with Crippen LogP contribution in [0.4, 0.5) is 17.6 Å². The average molecular weight is 306 g/mol. The van der Waals surface area contributed by atoms with Crippen molar-refractivity contribution in [3.8, 4) is 0 Å². The molecular weight excluding hydrogens is 288 g/mol. The number of benzene rings is 1. The molecule has 0 aromatic heterocycles. The van der Waals surface area contributed by atoms with Crippen LogP contribution in [0, 0.1) is 5.82 Å². The van der Waals surface area contributed by atoms with Crippen molar-refractivity contribution in [2.45, 2.75) is 38.4 Å². The van der Waals surface area contributed by atoms with Crippen molar-refractivity contribution in [2.24, 2.45) is 5.73 Å². The summed E-state index contributed by atoms with van der Waals surface area (Å²) < 4.78 is 51.1. The molecule has 0 aliphatic rings. The van der Waals surface area contributed by atoms with Crippen LogP contribution in [-0.4, -0.2) is 18.0 Å². The van der Waals surface area contributed by atoms with E-state index in [1.807, 2.05) is 13.8 Å². The molecule has 0 saturated carbocycles. The van der Waals surface area contributed by atoms with Crippen molar-refractivity contribution in [2.75, 3.05) is 6.54 Å². The zero-order valence-electron chi connectivity index (χ0n) is 11.9. The van der Waals surface area contributed by atoms with Crippen LogP contribution >= 0.6 is 0 Å². The van der Waals surface area contributed by atoms with Crippen molar-refractivity contribution in [1.29, 1.82) is 0 Å². The molecule has 0 heterocycles. The van der Waals surface area contributed by atoms with E-state index in [2.05, 4.69) is 5.32 Å². The molecule has 118 valence electrons. The Morgan fingerprint density at radius 1 is 1.24 bits per heavy atom. The van der Waals surface area contributed by atoms with E-state index in [1.54, 1.807) is 0 Å². The summed E-state index contributed by atoms with van der Waals surface area (Å²) >= 11 is 0. The monoisotopic (exact) mass is 306 g/mol. The Bertz CT molecular complexity index is 502. The van der Waals surface area contributed by atoms with Gasteiger partial charge in [0.2, 0.25) is 0 Å². The second-order valence-corrected chi connectivity index (χ2v) is 4.84. The molecule has 0 aliphatic carbocycles. The zero-order valence-corrected chi connectivity index (χ0v) is 11.9. The highest BCUT2D eigenvalue weighted by Crippen LogP contribution is 2.32. The quantitative estimate of drug-likeness (QED) is 0.821. The molecule has 0 atom stereocenters. The second kappa shape index (κ2) is 6.43. The van der Waals surface area contributed by atoms with Gasteiger partial charge in [-0.2, -0.15) is 13.2 Å². The number of hydrogen-bond acceptors (Lipinski definition) is 2. The van der Waals surface area contributed by atoms with E-state index in [-0.39, 0.29) is 12.1 Å². The highest BCUT2D eigenvalue weighted by atomic mass is 19.4. The van der Waals surface area contributed by atoms with Crippen molar-refractivity contribution in [3.63, 3.8) is 0 Å². The Morgan fingerprint density at radius 3 is 2.24 bits per heavy atom. The van der Waals surface area contributed by atoms with Gasteiger partial charge in [0.1, 0.15) is 5.82 Å². The maximum atomic E-state index is 13.2. The third-order valence-corrected chi connectivity index (χ3v) is 3.66. The standard InChI is InChI=1S/C14H18F4N2O/c1-3-13(4-2,8-19)20-12(21)9-5-6-11(15)10(7-9)14(16,17)18/h5-7H,3-4,8,19H2,1-2H3,(H,20,21). The lowest BCUT2D eigenvalue weighted by Gasteiger charge is -2.31. The van der Waals surface area contributed by atoms with Gasteiger partial charge in [-0.15, -0.1) is 0 Å². The van der Waals surface area contributed by atoms with Gasteiger partial charge in [0.05, 0.1) is 11.1 Å². The normalized spacial score (nSPS) is 12.3. The molecule has 0 radical (unpaired) electrons. The van der Waals surface area contributed by atoms with E-state index >= 15 is 0 Å². The molecule has 0 aliphatic heterocycles. The minimum atomic E-state index is -4.85. The van der Waals surface area contributed by atoms with Gasteiger partial charge in [-0.25, -0.2) is 4.39 Å². The van der Waals surface area contributed by atoms with Crippen LogP contribution in [-0.2, 0) is 6.18 Å². The minimum Gasteiger partial charge on any atom is -0.345 e. The Balaban J connectivity index is 3.09. The van der Waals surface area contributed by atoms with E-state index in [4.69, 9.17) is 5.73 Å². The van der Waals surface area contributed by atoms with Gasteiger partial charge in [-0.3, -0.25) is 4.79 Å². The maximum absolute atomic E-state index is 13.2. The zero-order chi connectivity index (χ0) is 16.3. The summed E-state index contributed by atoms with van der Waals surface area (Å²) in [6.45, 7) is 3.81. The first-order valence-electron chi connectivity index (χ1n) is 6.58. The Labute approximate surface area is 120 Å². The number of carbonyl (C=O) groups excluding carboxylic acids is 1. The van der Waals surface area contributed by atoms with Crippen LogP contribution in [0.3, 0.4) is 0 Å². The molecule has 1 aromatic rings. The van der Waals surface area contributed by atoms with Gasteiger partial charge >= 0.3 is 6.18 Å². The second-order valence-electron chi connectivity index (χ2n) is 4.84. The summed E-state index contributed by atoms with van der Waals surface area (Å²) in [5.74, 6) is -2.11. The summed E-state index contributed by atoms with van der Waals surface area (Å²) in [5, 5.41) is 2.64. The maximum Gasteiger partial charge on any atom is 0.419 e. The molecule has 0 bridgehead atoms. The van der Waals surface area contributed by atoms with E-state index in [0.29, 0.717) is 25.0 Å². The van der Waals surface area contributed by atoms with Crippen molar-refractivity contribution >= 4 is 5.91 Å². The molecule has 7 heteroatoms.